The van der Waals surface area contributed by atoms with Crippen LogP contribution in [0, 0.1) is 5.92 Å². The molecular formula is C40H44F3N3O5. The Kier molecular flexibility index (Phi) is 12.4. The van der Waals surface area contributed by atoms with Crippen LogP contribution in [-0.2, 0) is 30.4 Å². The maximum absolute atomic E-state index is 13.8. The Morgan fingerprint density at radius 3 is 2.33 bits per heavy atom. The summed E-state index contributed by atoms with van der Waals surface area (Å²) in [6.45, 7) is 5.56. The summed E-state index contributed by atoms with van der Waals surface area (Å²) in [5.41, 5.74) is 2.42. The van der Waals surface area contributed by atoms with E-state index in [1.807, 2.05) is 56.4 Å². The number of hydrogen-bond donors (Lipinski definition) is 2. The van der Waals surface area contributed by atoms with Crippen LogP contribution in [0.15, 0.2) is 97.1 Å². The molecule has 1 aliphatic rings. The molecule has 0 aliphatic carbocycles. The zero-order valence-corrected chi connectivity index (χ0v) is 29.0. The number of hydrogen-bond acceptors (Lipinski definition) is 6. The molecule has 0 unspecified atom stereocenters. The third-order valence-electron chi connectivity index (χ3n) is 8.98. The van der Waals surface area contributed by atoms with E-state index in [2.05, 4.69) is 22.3 Å². The normalized spacial score (nSPS) is 16.9. The molecule has 8 nitrogen and oxygen atoms in total. The number of para-hydroxylation sites is 1. The van der Waals surface area contributed by atoms with E-state index < -0.39 is 29.8 Å². The Hall–Kier alpha value is -4.87. The number of nitrogens with one attached hydrogen (secondary N) is 1. The van der Waals surface area contributed by atoms with Gasteiger partial charge in [0.15, 0.2) is 5.75 Å². The van der Waals surface area contributed by atoms with Gasteiger partial charge in [-0.2, -0.15) is 13.2 Å². The quantitative estimate of drug-likeness (QED) is 0.158. The summed E-state index contributed by atoms with van der Waals surface area (Å²) in [7, 11) is 1.98. The van der Waals surface area contributed by atoms with Crippen LogP contribution in [-0.4, -0.2) is 72.2 Å². The number of alkyl halides is 3. The lowest BCUT2D eigenvalue weighted by molar-refractivity contribution is -0.137. The van der Waals surface area contributed by atoms with Crippen LogP contribution >= 0.6 is 0 Å². The highest BCUT2D eigenvalue weighted by molar-refractivity contribution is 6.02. The Bertz CT molecular complexity index is 1750. The highest BCUT2D eigenvalue weighted by Crippen LogP contribution is 2.35. The Balaban J connectivity index is 1.29. The first-order chi connectivity index (χ1) is 24.4. The van der Waals surface area contributed by atoms with E-state index in [9.17, 15) is 27.9 Å². The van der Waals surface area contributed by atoms with Crippen LogP contribution in [0.4, 0.5) is 18.9 Å². The van der Waals surface area contributed by atoms with Crippen molar-refractivity contribution < 1.29 is 37.3 Å². The number of anilines is 1. The first-order valence-corrected chi connectivity index (χ1v) is 17.0. The number of ether oxygens (including phenoxy) is 2. The van der Waals surface area contributed by atoms with Crippen LogP contribution in [0.1, 0.15) is 46.5 Å². The molecule has 3 atom stereocenters. The molecule has 2 amide bonds. The lowest BCUT2D eigenvalue weighted by atomic mass is 9.98. The molecule has 5 rings (SSSR count). The summed E-state index contributed by atoms with van der Waals surface area (Å²) < 4.78 is 51.6. The van der Waals surface area contributed by atoms with Gasteiger partial charge in [0.25, 0.3) is 5.91 Å². The number of aliphatic hydroxyl groups excluding tert-OH is 1. The third kappa shape index (κ3) is 10.1. The van der Waals surface area contributed by atoms with Gasteiger partial charge in [0.2, 0.25) is 5.91 Å². The summed E-state index contributed by atoms with van der Waals surface area (Å²) in [5.74, 6) is 0.0305. The van der Waals surface area contributed by atoms with Gasteiger partial charge in [-0.3, -0.25) is 14.5 Å². The predicted octanol–water partition coefficient (Wildman–Crippen LogP) is 6.86. The molecule has 0 fully saturated rings. The van der Waals surface area contributed by atoms with E-state index in [1.54, 1.807) is 30.0 Å². The molecule has 0 saturated carbocycles. The minimum Gasteiger partial charge on any atom is -0.493 e. The molecule has 51 heavy (non-hydrogen) atoms. The minimum absolute atomic E-state index is 0.158. The van der Waals surface area contributed by atoms with E-state index in [4.69, 9.17) is 9.47 Å². The van der Waals surface area contributed by atoms with Crippen LogP contribution < -0.4 is 14.8 Å². The standard InChI is InChI=1S/C40H44F3N3O5/c1-27-23-46(28(2)26-47)39(49)34-10-7-11-35(44-37(48)22-30-12-16-32(17-13-30)40(41,42)43)38(34)51-36(27)25-45(3)24-31-14-18-33(19-15-31)50-21-20-29-8-5-4-6-9-29/h4-19,27-28,36,47H,20-26H2,1-3H3,(H,44,48)/t27-,28+,36-/m1/s1. The number of amides is 2. The molecule has 0 bridgehead atoms. The number of aliphatic hydroxyl groups is 1. The monoisotopic (exact) mass is 703 g/mol. The van der Waals surface area contributed by atoms with Crippen LogP contribution in [0.3, 0.4) is 0 Å². The number of carbonyl (C=O) groups excluding carboxylic acids is 2. The summed E-state index contributed by atoms with van der Waals surface area (Å²) in [6.07, 6.45) is -4.25. The number of halogens is 3. The van der Waals surface area contributed by atoms with Crippen LogP contribution in [0.25, 0.3) is 0 Å². The van der Waals surface area contributed by atoms with Gasteiger partial charge in [-0.15, -0.1) is 0 Å². The first-order valence-electron chi connectivity index (χ1n) is 17.0. The third-order valence-corrected chi connectivity index (χ3v) is 8.98. The van der Waals surface area contributed by atoms with Crippen molar-refractivity contribution in [1.29, 1.82) is 0 Å². The average molecular weight is 704 g/mol. The molecule has 0 spiro atoms. The molecular weight excluding hydrogens is 659 g/mol. The van der Waals surface area contributed by atoms with E-state index in [1.165, 1.54) is 17.7 Å². The first kappa shape index (κ1) is 37.4. The Morgan fingerprint density at radius 2 is 1.67 bits per heavy atom. The van der Waals surface area contributed by atoms with E-state index in [0.717, 1.165) is 29.9 Å². The number of rotatable bonds is 13. The number of benzene rings is 4. The van der Waals surface area contributed by atoms with Gasteiger partial charge in [0, 0.05) is 32.0 Å². The fraction of sp³-hybridized carbons (Fsp3) is 0.350. The maximum Gasteiger partial charge on any atom is 0.416 e. The maximum atomic E-state index is 13.8. The van der Waals surface area contributed by atoms with Gasteiger partial charge in [-0.25, -0.2) is 0 Å². The Morgan fingerprint density at radius 1 is 0.980 bits per heavy atom. The molecule has 0 saturated heterocycles. The number of nitrogens with zero attached hydrogens (tertiary/aromatic N) is 2. The molecule has 270 valence electrons. The van der Waals surface area contributed by atoms with E-state index >= 15 is 0 Å². The van der Waals surface area contributed by atoms with Gasteiger partial charge in [0.05, 0.1) is 42.5 Å². The second kappa shape index (κ2) is 16.9. The average Bonchev–Trinajstić information content (AvgIpc) is 3.10. The summed E-state index contributed by atoms with van der Waals surface area (Å²) in [6, 6.07) is 27.0. The second-order valence-corrected chi connectivity index (χ2v) is 13.1. The van der Waals surface area contributed by atoms with E-state index in [-0.39, 0.29) is 41.9 Å². The topological polar surface area (TPSA) is 91.3 Å². The number of carbonyl (C=O) groups is 2. The van der Waals surface area contributed by atoms with Crippen LogP contribution in [0.5, 0.6) is 11.5 Å². The van der Waals surface area contributed by atoms with Crippen molar-refractivity contribution in [3.05, 3.63) is 125 Å². The molecule has 11 heteroatoms. The van der Waals surface area contributed by atoms with Gasteiger partial charge in [-0.1, -0.05) is 67.6 Å². The molecule has 1 aliphatic heterocycles. The van der Waals surface area contributed by atoms with Crippen LogP contribution in [0.2, 0.25) is 0 Å². The van der Waals surface area contributed by atoms with Crippen molar-refractivity contribution in [2.45, 2.75) is 51.6 Å². The van der Waals surface area contributed by atoms with Gasteiger partial charge >= 0.3 is 6.18 Å². The van der Waals surface area contributed by atoms with Gasteiger partial charge in [-0.05, 0) is 67.1 Å². The predicted molar refractivity (Wildman–Crippen MR) is 190 cm³/mol. The minimum atomic E-state index is -4.48. The summed E-state index contributed by atoms with van der Waals surface area (Å²) in [5, 5.41) is 12.8. The lowest BCUT2D eigenvalue weighted by Gasteiger charge is -2.38. The van der Waals surface area contributed by atoms with Gasteiger partial charge in [0.1, 0.15) is 11.9 Å². The van der Waals surface area contributed by atoms with Crippen molar-refractivity contribution in [2.24, 2.45) is 5.92 Å². The smallest absolute Gasteiger partial charge is 0.416 e. The van der Waals surface area contributed by atoms with Crippen molar-refractivity contribution in [1.82, 2.24) is 9.80 Å². The molecule has 0 aromatic heterocycles. The summed E-state index contributed by atoms with van der Waals surface area (Å²) in [4.78, 5) is 30.7. The summed E-state index contributed by atoms with van der Waals surface area (Å²) >= 11 is 0. The lowest BCUT2D eigenvalue weighted by Crippen LogP contribution is -2.49. The zero-order valence-electron chi connectivity index (χ0n) is 29.0. The molecule has 4 aromatic rings. The van der Waals surface area contributed by atoms with E-state index in [0.29, 0.717) is 31.8 Å². The van der Waals surface area contributed by atoms with Crippen molar-refractivity contribution in [2.75, 3.05) is 38.7 Å². The largest absolute Gasteiger partial charge is 0.493 e. The fourth-order valence-electron chi connectivity index (χ4n) is 6.06. The number of fused-ring (bicyclic) bond motifs is 1. The number of likely N-dealkylation sites (N-methyl/N-ethyl adjacent to an activating group) is 1. The fourth-order valence-corrected chi connectivity index (χ4v) is 6.06. The molecule has 2 N–H and O–H groups in total. The zero-order chi connectivity index (χ0) is 36.5. The van der Waals surface area contributed by atoms with Crippen molar-refractivity contribution in [3.8, 4) is 11.5 Å². The second-order valence-electron chi connectivity index (χ2n) is 13.1. The molecule has 1 heterocycles. The molecule has 4 aromatic carbocycles. The molecule has 0 radical (unpaired) electrons. The Labute approximate surface area is 296 Å². The van der Waals surface area contributed by atoms with Gasteiger partial charge < -0.3 is 24.8 Å². The highest BCUT2D eigenvalue weighted by Gasteiger charge is 2.35. The SMILES string of the molecule is C[C@@H]1CN([C@@H](C)CO)C(=O)c2cccc(NC(=O)Cc3ccc(C(F)(F)F)cc3)c2O[C@@H]1CN(C)Cc1ccc(OCCc2ccccc2)cc1. The van der Waals surface area contributed by atoms with Crippen molar-refractivity contribution >= 4 is 17.5 Å². The van der Waals surface area contributed by atoms with Crippen molar-refractivity contribution in [3.63, 3.8) is 0 Å². The highest BCUT2D eigenvalue weighted by atomic mass is 19.4.